The van der Waals surface area contributed by atoms with Crippen molar-refractivity contribution in [2.45, 2.75) is 44.3 Å². The minimum absolute atomic E-state index is 0.263. The molecule has 9 heteroatoms. The van der Waals surface area contributed by atoms with Crippen LogP contribution in [0.3, 0.4) is 0 Å². The number of aromatic nitrogens is 4. The third-order valence-electron chi connectivity index (χ3n) is 3.76. The molecular weight excluding hydrogens is 290 g/mol. The van der Waals surface area contributed by atoms with Crippen LogP contribution in [0, 0.1) is 0 Å². The molecule has 9 nitrogen and oxygen atoms in total. The fourth-order valence-electron chi connectivity index (χ4n) is 2.62. The quantitative estimate of drug-likeness (QED) is 0.562. The summed E-state index contributed by atoms with van der Waals surface area (Å²) in [6.07, 6.45) is -1.14. The first-order chi connectivity index (χ1) is 10.6. The van der Waals surface area contributed by atoms with Crippen molar-refractivity contribution in [1.29, 1.82) is 0 Å². The van der Waals surface area contributed by atoms with Crippen molar-refractivity contribution in [2.75, 3.05) is 12.3 Å². The number of hydrogen-bond donors (Lipinski definition) is 4. The molecule has 3 rings (SSSR count). The fraction of sp³-hybridized carbons (Fsp3) is 0.615. The summed E-state index contributed by atoms with van der Waals surface area (Å²) in [4.78, 5) is 12.8. The molecule has 0 spiro atoms. The molecular formula is C13H19N5O4. The highest BCUT2D eigenvalue weighted by Gasteiger charge is 2.44. The molecule has 1 aliphatic rings. The average Bonchev–Trinajstić information content (AvgIpc) is 3.03. The van der Waals surface area contributed by atoms with Crippen molar-refractivity contribution in [1.82, 2.24) is 19.5 Å². The summed E-state index contributed by atoms with van der Waals surface area (Å²) in [5.41, 5.74) is 6.75. The SMILES string of the molecule is CCCc1nc(N)c2ncn([C@@H]3O[C@H](CO)[C@@H](O)[C@H]3O)c2n1. The van der Waals surface area contributed by atoms with E-state index in [1.165, 1.54) is 10.9 Å². The van der Waals surface area contributed by atoms with Gasteiger partial charge >= 0.3 is 0 Å². The number of imidazole rings is 1. The van der Waals surface area contributed by atoms with E-state index in [1.54, 1.807) is 0 Å². The van der Waals surface area contributed by atoms with Gasteiger partial charge in [-0.1, -0.05) is 6.92 Å². The molecule has 0 unspecified atom stereocenters. The summed E-state index contributed by atoms with van der Waals surface area (Å²) in [5.74, 6) is 0.847. The van der Waals surface area contributed by atoms with Crippen molar-refractivity contribution in [3.8, 4) is 0 Å². The monoisotopic (exact) mass is 309 g/mol. The molecule has 120 valence electrons. The number of rotatable bonds is 4. The molecule has 3 heterocycles. The minimum Gasteiger partial charge on any atom is -0.394 e. The van der Waals surface area contributed by atoms with E-state index >= 15 is 0 Å². The summed E-state index contributed by atoms with van der Waals surface area (Å²) in [6.45, 7) is 1.62. The van der Waals surface area contributed by atoms with Crippen molar-refractivity contribution >= 4 is 17.0 Å². The number of aliphatic hydroxyl groups excluding tert-OH is 3. The molecule has 0 amide bonds. The zero-order valence-electron chi connectivity index (χ0n) is 12.1. The summed E-state index contributed by atoms with van der Waals surface area (Å²) in [7, 11) is 0. The third kappa shape index (κ3) is 2.31. The average molecular weight is 309 g/mol. The van der Waals surface area contributed by atoms with Crippen LogP contribution in [0.25, 0.3) is 11.2 Å². The second-order valence-corrected chi connectivity index (χ2v) is 5.33. The smallest absolute Gasteiger partial charge is 0.167 e. The number of nitrogen functional groups attached to an aromatic ring is 1. The molecule has 22 heavy (non-hydrogen) atoms. The Balaban J connectivity index is 2.04. The minimum atomic E-state index is -1.19. The Hall–Kier alpha value is -1.81. The topological polar surface area (TPSA) is 140 Å². The Morgan fingerprint density at radius 2 is 2.09 bits per heavy atom. The second kappa shape index (κ2) is 5.76. The molecule has 0 bridgehead atoms. The van der Waals surface area contributed by atoms with E-state index in [9.17, 15) is 15.3 Å². The molecule has 4 atom stereocenters. The fourth-order valence-corrected chi connectivity index (χ4v) is 2.62. The summed E-state index contributed by atoms with van der Waals surface area (Å²) in [6, 6.07) is 0. The van der Waals surface area contributed by atoms with E-state index in [0.717, 1.165) is 6.42 Å². The van der Waals surface area contributed by atoms with Crippen LogP contribution in [-0.2, 0) is 11.2 Å². The van der Waals surface area contributed by atoms with Gasteiger partial charge in [0.2, 0.25) is 0 Å². The Morgan fingerprint density at radius 1 is 1.32 bits per heavy atom. The van der Waals surface area contributed by atoms with E-state index < -0.39 is 24.5 Å². The summed E-state index contributed by atoms with van der Waals surface area (Å²) in [5, 5.41) is 29.2. The molecule has 0 saturated carbocycles. The third-order valence-corrected chi connectivity index (χ3v) is 3.76. The summed E-state index contributed by atoms with van der Waals surface area (Å²) < 4.78 is 7.01. The number of anilines is 1. The van der Waals surface area contributed by atoms with Crippen LogP contribution in [0.2, 0.25) is 0 Å². The van der Waals surface area contributed by atoms with E-state index in [0.29, 0.717) is 23.4 Å². The van der Waals surface area contributed by atoms with Gasteiger partial charge in [-0.05, 0) is 6.42 Å². The predicted octanol–water partition coefficient (Wildman–Crippen LogP) is -1.03. The van der Waals surface area contributed by atoms with Crippen molar-refractivity contribution in [3.05, 3.63) is 12.2 Å². The van der Waals surface area contributed by atoms with Crippen LogP contribution in [0.1, 0.15) is 25.4 Å². The van der Waals surface area contributed by atoms with Gasteiger partial charge in [0.25, 0.3) is 0 Å². The van der Waals surface area contributed by atoms with E-state index in [2.05, 4.69) is 15.0 Å². The molecule has 0 aliphatic carbocycles. The first kappa shape index (κ1) is 15.1. The maximum absolute atomic E-state index is 10.1. The van der Waals surface area contributed by atoms with Crippen LogP contribution < -0.4 is 5.73 Å². The maximum atomic E-state index is 10.1. The molecule has 0 aromatic carbocycles. The van der Waals surface area contributed by atoms with Gasteiger partial charge in [-0.3, -0.25) is 4.57 Å². The van der Waals surface area contributed by atoms with Gasteiger partial charge in [0.05, 0.1) is 12.9 Å². The van der Waals surface area contributed by atoms with Gasteiger partial charge in [0, 0.05) is 6.42 Å². The highest BCUT2D eigenvalue weighted by molar-refractivity contribution is 5.81. The number of fused-ring (bicyclic) bond motifs is 1. The zero-order chi connectivity index (χ0) is 15.9. The Labute approximate surface area is 126 Å². The highest BCUT2D eigenvalue weighted by Crippen LogP contribution is 2.31. The number of nitrogens with zero attached hydrogens (tertiary/aromatic N) is 4. The largest absolute Gasteiger partial charge is 0.394 e. The molecule has 2 aromatic heterocycles. The van der Waals surface area contributed by atoms with Crippen molar-refractivity contribution in [2.24, 2.45) is 0 Å². The lowest BCUT2D eigenvalue weighted by molar-refractivity contribution is -0.0511. The summed E-state index contributed by atoms with van der Waals surface area (Å²) >= 11 is 0. The molecule has 1 aliphatic heterocycles. The van der Waals surface area contributed by atoms with E-state index in [4.69, 9.17) is 10.5 Å². The van der Waals surface area contributed by atoms with Crippen LogP contribution in [-0.4, -0.2) is 59.8 Å². The Morgan fingerprint density at radius 3 is 2.73 bits per heavy atom. The van der Waals surface area contributed by atoms with Crippen LogP contribution in [0.4, 0.5) is 5.82 Å². The Kier molecular flexibility index (Phi) is 3.96. The number of aliphatic hydroxyl groups is 3. The standard InChI is InChI=1S/C13H19N5O4/c1-2-3-7-16-11(14)8-12(17-7)18(5-15-8)13-10(21)9(20)6(4-19)22-13/h5-6,9-10,13,19-21H,2-4H2,1H3,(H2,14,16,17)/t6-,9-,10-,13-/m1/s1. The molecule has 5 N–H and O–H groups in total. The molecule has 1 fully saturated rings. The first-order valence-electron chi connectivity index (χ1n) is 7.18. The normalized spacial score (nSPS) is 28.5. The number of hydrogen-bond acceptors (Lipinski definition) is 8. The van der Waals surface area contributed by atoms with Crippen LogP contribution in [0.5, 0.6) is 0 Å². The number of nitrogens with two attached hydrogens (primary N) is 1. The van der Waals surface area contributed by atoms with Gasteiger partial charge in [-0.2, -0.15) is 0 Å². The van der Waals surface area contributed by atoms with E-state index in [1.807, 2.05) is 6.92 Å². The molecule has 2 aromatic rings. The lowest BCUT2D eigenvalue weighted by Crippen LogP contribution is -2.33. The Bertz CT molecular complexity index is 676. The van der Waals surface area contributed by atoms with Gasteiger partial charge in [0.1, 0.15) is 29.7 Å². The van der Waals surface area contributed by atoms with Crippen LogP contribution >= 0.6 is 0 Å². The highest BCUT2D eigenvalue weighted by atomic mass is 16.6. The number of ether oxygens (including phenoxy) is 1. The molecule has 0 radical (unpaired) electrons. The van der Waals surface area contributed by atoms with Gasteiger partial charge in [-0.15, -0.1) is 0 Å². The second-order valence-electron chi connectivity index (χ2n) is 5.33. The van der Waals surface area contributed by atoms with E-state index in [-0.39, 0.29) is 12.4 Å². The predicted molar refractivity (Wildman–Crippen MR) is 76.7 cm³/mol. The lowest BCUT2D eigenvalue weighted by Gasteiger charge is -2.16. The lowest BCUT2D eigenvalue weighted by atomic mass is 10.1. The first-order valence-corrected chi connectivity index (χ1v) is 7.18. The van der Waals surface area contributed by atoms with Crippen molar-refractivity contribution < 1.29 is 20.1 Å². The maximum Gasteiger partial charge on any atom is 0.167 e. The van der Waals surface area contributed by atoms with Gasteiger partial charge in [0.15, 0.2) is 17.7 Å². The number of aryl methyl sites for hydroxylation is 1. The van der Waals surface area contributed by atoms with Gasteiger partial charge in [-0.25, -0.2) is 15.0 Å². The van der Waals surface area contributed by atoms with Gasteiger partial charge < -0.3 is 25.8 Å². The molecule has 1 saturated heterocycles. The zero-order valence-corrected chi connectivity index (χ0v) is 12.1. The van der Waals surface area contributed by atoms with Crippen molar-refractivity contribution in [3.63, 3.8) is 0 Å². The van der Waals surface area contributed by atoms with Crippen LogP contribution in [0.15, 0.2) is 6.33 Å².